The number of hydrogen-bond donors (Lipinski definition) is 4. The van der Waals surface area contributed by atoms with Crippen molar-refractivity contribution in [2.75, 3.05) is 53.5 Å². The summed E-state index contributed by atoms with van der Waals surface area (Å²) in [5.74, 6) is -2.33. The molecular weight excluding hydrogens is 634 g/mol. The number of primary amides is 1. The standard InChI is InChI=1S/C36H51N3O10/c1-6-39-17-33(18-49-31(42)19-9-7-8-10-22(19)38-26(41)12-11-25(37)40)14-13-24(46-3)35-21-15-20-23(45-2)16-34(43,27(21)28(20)47-4)36(44,32(35)39)30(48-5)29(33)35/h7-10,20-21,23-24,27-30,32,43-44H,6,11-18H2,1-5H3,(H2,37,40)(H,38,41)/t20-,21-,23+,24+,27-,28+,29-,30-,32+,33+,34-,35+,36-/m1/s1. The molecule has 5 aliphatic carbocycles. The highest BCUT2D eigenvalue weighted by atomic mass is 16.5. The van der Waals surface area contributed by atoms with Gasteiger partial charge in [0.05, 0.1) is 48.3 Å². The predicted molar refractivity (Wildman–Crippen MR) is 175 cm³/mol. The fraction of sp³-hybridized carbons (Fsp3) is 0.750. The van der Waals surface area contributed by atoms with E-state index in [-0.39, 0.29) is 79.1 Å². The number of esters is 1. The minimum absolute atomic E-state index is 0.0424. The maximum Gasteiger partial charge on any atom is 0.340 e. The van der Waals surface area contributed by atoms with E-state index in [1.54, 1.807) is 52.7 Å². The first kappa shape index (κ1) is 34.8. The van der Waals surface area contributed by atoms with Gasteiger partial charge in [-0.2, -0.15) is 0 Å². The topological polar surface area (TPSA) is 179 Å². The number of para-hydroxylation sites is 1. The molecule has 49 heavy (non-hydrogen) atoms. The first-order valence-corrected chi connectivity index (χ1v) is 17.6. The van der Waals surface area contributed by atoms with Gasteiger partial charge in [0.2, 0.25) is 11.8 Å². The number of rotatable bonds is 12. The van der Waals surface area contributed by atoms with Gasteiger partial charge in [0.1, 0.15) is 11.2 Å². The fourth-order valence-corrected chi connectivity index (χ4v) is 12.5. The molecule has 5 N–H and O–H groups in total. The van der Waals surface area contributed by atoms with E-state index in [9.17, 15) is 24.6 Å². The summed E-state index contributed by atoms with van der Waals surface area (Å²) >= 11 is 0. The van der Waals surface area contributed by atoms with E-state index >= 15 is 0 Å². The Hall–Kier alpha value is -2.65. The number of methoxy groups -OCH3 is 4. The second-order valence-corrected chi connectivity index (χ2v) is 15.3. The number of nitrogens with two attached hydrogens (primary N) is 1. The van der Waals surface area contributed by atoms with Crippen molar-refractivity contribution in [1.82, 2.24) is 4.90 Å². The van der Waals surface area contributed by atoms with E-state index in [1.807, 2.05) is 0 Å². The number of carbonyl (C=O) groups is 3. The van der Waals surface area contributed by atoms with Gasteiger partial charge in [0, 0.05) is 82.8 Å². The van der Waals surface area contributed by atoms with E-state index in [0.717, 1.165) is 6.42 Å². The molecule has 7 bridgehead atoms. The second kappa shape index (κ2) is 12.2. The molecule has 0 aromatic heterocycles. The zero-order valence-electron chi connectivity index (χ0n) is 29.1. The summed E-state index contributed by atoms with van der Waals surface area (Å²) in [6.07, 6.45) is 0.513. The molecule has 1 saturated heterocycles. The number of benzene rings is 1. The molecule has 1 aliphatic heterocycles. The molecule has 1 aromatic carbocycles. The molecule has 13 nitrogen and oxygen atoms in total. The second-order valence-electron chi connectivity index (χ2n) is 15.3. The van der Waals surface area contributed by atoms with Crippen molar-refractivity contribution in [2.45, 2.75) is 87.1 Å². The maximum atomic E-state index is 13.9. The maximum absolute atomic E-state index is 13.9. The number of ether oxygens (including phenoxy) is 5. The van der Waals surface area contributed by atoms with Crippen molar-refractivity contribution in [3.63, 3.8) is 0 Å². The third-order valence-electron chi connectivity index (χ3n) is 13.8. The lowest BCUT2D eigenvalue weighted by Gasteiger charge is -2.70. The van der Waals surface area contributed by atoms with Gasteiger partial charge in [-0.25, -0.2) is 4.79 Å². The van der Waals surface area contributed by atoms with Crippen LogP contribution in [-0.2, 0) is 33.3 Å². The van der Waals surface area contributed by atoms with Crippen molar-refractivity contribution in [3.05, 3.63) is 29.8 Å². The molecule has 0 radical (unpaired) electrons. The van der Waals surface area contributed by atoms with E-state index in [4.69, 9.17) is 29.4 Å². The Bertz CT molecular complexity index is 1490. The Morgan fingerprint density at radius 2 is 1.80 bits per heavy atom. The number of nitrogens with zero attached hydrogens (tertiary/aromatic N) is 1. The quantitative estimate of drug-likeness (QED) is 0.233. The SMILES string of the molecule is CCN1C[C@]2(COC(=O)c3ccccc3NC(=O)CCC(N)=O)CC[C@H](OC)[C@@]34[C@@H]5C[C@H]6[C@H](OC)[C@@H]5[C@](O)(C[C@@H]6OC)[C@@](O)([C@H](OC)[C@H]23)[C@@H]14. The number of likely N-dealkylation sites (N-methyl/N-ethyl adjacent to an activating group) is 1. The average Bonchev–Trinajstić information content (AvgIpc) is 3.51. The van der Waals surface area contributed by atoms with E-state index in [0.29, 0.717) is 25.9 Å². The van der Waals surface area contributed by atoms with Crippen LogP contribution in [0.1, 0.15) is 55.8 Å². The molecule has 6 fully saturated rings. The van der Waals surface area contributed by atoms with Gasteiger partial charge in [-0.3, -0.25) is 14.5 Å². The highest BCUT2D eigenvalue weighted by molar-refractivity contribution is 6.01. The molecule has 0 unspecified atom stereocenters. The summed E-state index contributed by atoms with van der Waals surface area (Å²) in [6, 6.07) is 6.14. The van der Waals surface area contributed by atoms with Crippen molar-refractivity contribution >= 4 is 23.5 Å². The Morgan fingerprint density at radius 1 is 1.04 bits per heavy atom. The normalized spacial score (nSPS) is 44.4. The molecule has 5 saturated carbocycles. The summed E-state index contributed by atoms with van der Waals surface area (Å²) in [4.78, 5) is 39.9. The van der Waals surface area contributed by atoms with Crippen LogP contribution in [0.5, 0.6) is 0 Å². The van der Waals surface area contributed by atoms with Crippen LogP contribution in [0.3, 0.4) is 0 Å². The number of hydrogen-bond acceptors (Lipinski definition) is 11. The van der Waals surface area contributed by atoms with Crippen molar-refractivity contribution in [2.24, 2.45) is 40.2 Å². The molecule has 7 rings (SSSR count). The third kappa shape index (κ3) is 4.45. The van der Waals surface area contributed by atoms with Crippen LogP contribution in [0.15, 0.2) is 24.3 Å². The molecule has 270 valence electrons. The lowest BCUT2D eigenvalue weighted by molar-refractivity contribution is -0.320. The largest absolute Gasteiger partial charge is 0.461 e. The lowest BCUT2D eigenvalue weighted by atomic mass is 9.42. The minimum Gasteiger partial charge on any atom is -0.461 e. The van der Waals surface area contributed by atoms with Gasteiger partial charge < -0.3 is 44.9 Å². The predicted octanol–water partition coefficient (Wildman–Crippen LogP) is 1.34. The number of anilines is 1. The Kier molecular flexibility index (Phi) is 8.69. The van der Waals surface area contributed by atoms with Crippen LogP contribution in [0.2, 0.25) is 0 Å². The van der Waals surface area contributed by atoms with Gasteiger partial charge in [0.15, 0.2) is 0 Å². The zero-order chi connectivity index (χ0) is 35.1. The summed E-state index contributed by atoms with van der Waals surface area (Å²) in [7, 11) is 6.68. The van der Waals surface area contributed by atoms with E-state index in [1.165, 1.54) is 0 Å². The van der Waals surface area contributed by atoms with Crippen molar-refractivity contribution in [3.8, 4) is 0 Å². The molecule has 6 aliphatic rings. The van der Waals surface area contributed by atoms with E-state index in [2.05, 4.69) is 17.1 Å². The van der Waals surface area contributed by atoms with Gasteiger partial charge in [-0.1, -0.05) is 19.1 Å². The first-order chi connectivity index (χ1) is 23.4. The number of piperidine rings is 1. The van der Waals surface area contributed by atoms with Gasteiger partial charge in [-0.15, -0.1) is 0 Å². The number of fused-ring (bicyclic) bond motifs is 2. The molecular formula is C36H51N3O10. The fourth-order valence-electron chi connectivity index (χ4n) is 12.5. The van der Waals surface area contributed by atoms with E-state index < -0.39 is 52.0 Å². The summed E-state index contributed by atoms with van der Waals surface area (Å²) in [5.41, 5.74) is 1.14. The Balaban J connectivity index is 1.29. The van der Waals surface area contributed by atoms with Crippen LogP contribution >= 0.6 is 0 Å². The molecule has 13 atom stereocenters. The molecule has 1 aromatic rings. The molecule has 13 heteroatoms. The van der Waals surface area contributed by atoms with Gasteiger partial charge in [0.25, 0.3) is 0 Å². The van der Waals surface area contributed by atoms with Crippen LogP contribution < -0.4 is 11.1 Å². The molecule has 1 spiro atoms. The monoisotopic (exact) mass is 685 g/mol. The highest BCUT2D eigenvalue weighted by Crippen LogP contribution is 2.80. The van der Waals surface area contributed by atoms with Gasteiger partial charge in [-0.05, 0) is 43.9 Å². The smallest absolute Gasteiger partial charge is 0.340 e. The van der Waals surface area contributed by atoms with Crippen LogP contribution in [0, 0.1) is 34.5 Å². The van der Waals surface area contributed by atoms with Crippen molar-refractivity contribution < 1.29 is 48.3 Å². The Labute approximate surface area is 287 Å². The molecule has 2 amide bonds. The number of likely N-dealkylation sites (tertiary alicyclic amines) is 1. The highest BCUT2D eigenvalue weighted by Gasteiger charge is 2.91. The summed E-state index contributed by atoms with van der Waals surface area (Å²) in [5, 5.41) is 29.2. The average molecular weight is 686 g/mol. The van der Waals surface area contributed by atoms with Crippen LogP contribution in [0.25, 0.3) is 0 Å². The van der Waals surface area contributed by atoms with Gasteiger partial charge >= 0.3 is 5.97 Å². The number of carbonyl (C=O) groups excluding carboxylic acids is 3. The van der Waals surface area contributed by atoms with Crippen LogP contribution in [-0.4, -0.2) is 123 Å². The summed E-state index contributed by atoms with van der Waals surface area (Å²) < 4.78 is 31.3. The first-order valence-electron chi connectivity index (χ1n) is 17.6. The Morgan fingerprint density at radius 3 is 2.45 bits per heavy atom. The van der Waals surface area contributed by atoms with Crippen LogP contribution in [0.4, 0.5) is 5.69 Å². The summed E-state index contributed by atoms with van der Waals surface area (Å²) in [6.45, 7) is 3.25. The lowest BCUT2D eigenvalue weighted by Crippen LogP contribution is -2.82. The zero-order valence-corrected chi connectivity index (χ0v) is 29.1. The van der Waals surface area contributed by atoms with Crippen molar-refractivity contribution in [1.29, 1.82) is 0 Å². The number of nitrogens with one attached hydrogen (secondary N) is 1. The third-order valence-corrected chi connectivity index (χ3v) is 13.8. The number of aliphatic hydroxyl groups is 2. The molecule has 1 heterocycles. The minimum atomic E-state index is -1.69. The number of amides is 2.